The lowest BCUT2D eigenvalue weighted by atomic mass is 10.2. The zero-order chi connectivity index (χ0) is 19.0. The molecule has 0 spiro atoms. The summed E-state index contributed by atoms with van der Waals surface area (Å²) in [5.74, 6) is 0.896. The third kappa shape index (κ3) is 4.01. The fourth-order valence-corrected chi connectivity index (χ4v) is 4.66. The molecule has 0 bridgehead atoms. The summed E-state index contributed by atoms with van der Waals surface area (Å²) < 4.78 is 2.15. The molecular weight excluding hydrogens is 423 g/mol. The van der Waals surface area contributed by atoms with E-state index in [1.807, 2.05) is 30.5 Å². The third-order valence-electron chi connectivity index (χ3n) is 4.20. The molecule has 3 aromatic rings. The summed E-state index contributed by atoms with van der Waals surface area (Å²) in [5, 5.41) is 15.1. The topological polar surface area (TPSA) is 59.8 Å². The van der Waals surface area contributed by atoms with Crippen molar-refractivity contribution in [1.29, 1.82) is 0 Å². The summed E-state index contributed by atoms with van der Waals surface area (Å²) in [5.41, 5.74) is 1.31. The molecule has 5 nitrogen and oxygen atoms in total. The molecule has 1 saturated carbocycles. The molecule has 27 heavy (non-hydrogen) atoms. The summed E-state index contributed by atoms with van der Waals surface area (Å²) in [7, 11) is 0. The van der Waals surface area contributed by atoms with E-state index in [0.29, 0.717) is 21.8 Å². The number of thiophene rings is 1. The van der Waals surface area contributed by atoms with Crippen molar-refractivity contribution in [1.82, 2.24) is 14.8 Å². The fraction of sp³-hybridized carbons (Fsp3) is 0.278. The Morgan fingerprint density at radius 2 is 2.15 bits per heavy atom. The SMILES string of the molecule is Cc1ccc(Cl)c(NC(=O)CSc2nnc(-c3cccs3)n2C2CC2)c1Cl. The molecular formula is C18H16Cl2N4OS2. The first kappa shape index (κ1) is 18.8. The zero-order valence-corrected chi connectivity index (χ0v) is 17.6. The number of carbonyl (C=O) groups excluding carboxylic acids is 1. The molecule has 4 rings (SSSR count). The van der Waals surface area contributed by atoms with Crippen LogP contribution in [0.3, 0.4) is 0 Å². The smallest absolute Gasteiger partial charge is 0.234 e. The van der Waals surface area contributed by atoms with E-state index >= 15 is 0 Å². The lowest BCUT2D eigenvalue weighted by Crippen LogP contribution is -2.15. The maximum Gasteiger partial charge on any atom is 0.234 e. The molecule has 1 fully saturated rings. The molecule has 0 aliphatic heterocycles. The van der Waals surface area contributed by atoms with Crippen LogP contribution in [0.15, 0.2) is 34.8 Å². The van der Waals surface area contributed by atoms with Crippen molar-refractivity contribution in [3.63, 3.8) is 0 Å². The Morgan fingerprint density at radius 1 is 1.33 bits per heavy atom. The summed E-state index contributed by atoms with van der Waals surface area (Å²) >= 11 is 15.4. The molecule has 1 aliphatic rings. The maximum atomic E-state index is 12.4. The van der Waals surface area contributed by atoms with Crippen molar-refractivity contribution in [3.8, 4) is 10.7 Å². The summed E-state index contributed by atoms with van der Waals surface area (Å²) in [6.07, 6.45) is 2.23. The van der Waals surface area contributed by atoms with E-state index in [4.69, 9.17) is 23.2 Å². The number of thioether (sulfide) groups is 1. The third-order valence-corrected chi connectivity index (χ3v) is 6.81. The lowest BCUT2D eigenvalue weighted by Gasteiger charge is -2.11. The van der Waals surface area contributed by atoms with Gasteiger partial charge < -0.3 is 5.32 Å². The van der Waals surface area contributed by atoms with Gasteiger partial charge in [0.1, 0.15) is 0 Å². The number of nitrogens with zero attached hydrogens (tertiary/aromatic N) is 3. The van der Waals surface area contributed by atoms with Crippen molar-refractivity contribution in [2.75, 3.05) is 11.1 Å². The number of benzene rings is 1. The molecule has 1 amide bonds. The predicted octanol–water partition coefficient (Wildman–Crippen LogP) is 5.69. The van der Waals surface area contributed by atoms with Crippen LogP contribution in [0.1, 0.15) is 24.4 Å². The van der Waals surface area contributed by atoms with Crippen LogP contribution >= 0.6 is 46.3 Å². The molecule has 1 aromatic carbocycles. The van der Waals surface area contributed by atoms with Gasteiger partial charge in [0.2, 0.25) is 5.91 Å². The second-order valence-electron chi connectivity index (χ2n) is 6.27. The number of anilines is 1. The van der Waals surface area contributed by atoms with Gasteiger partial charge in [0, 0.05) is 6.04 Å². The van der Waals surface area contributed by atoms with Crippen LogP contribution in [0.2, 0.25) is 10.0 Å². The number of halogens is 2. The van der Waals surface area contributed by atoms with E-state index in [1.165, 1.54) is 11.8 Å². The molecule has 9 heteroatoms. The molecule has 0 radical (unpaired) electrons. The number of nitrogens with one attached hydrogen (secondary N) is 1. The first-order chi connectivity index (χ1) is 13.0. The highest BCUT2D eigenvalue weighted by molar-refractivity contribution is 7.99. The highest BCUT2D eigenvalue weighted by atomic mass is 35.5. The lowest BCUT2D eigenvalue weighted by molar-refractivity contribution is -0.113. The minimum absolute atomic E-state index is 0.183. The van der Waals surface area contributed by atoms with E-state index < -0.39 is 0 Å². The second-order valence-corrected chi connectivity index (χ2v) is 8.95. The van der Waals surface area contributed by atoms with Crippen LogP contribution in [-0.4, -0.2) is 26.4 Å². The Hall–Kier alpha value is -1.54. The Balaban J connectivity index is 1.48. The van der Waals surface area contributed by atoms with E-state index in [0.717, 1.165) is 34.3 Å². The van der Waals surface area contributed by atoms with Crippen molar-refractivity contribution in [3.05, 3.63) is 45.3 Å². The molecule has 140 valence electrons. The molecule has 0 atom stereocenters. The van der Waals surface area contributed by atoms with Gasteiger partial charge in [0.25, 0.3) is 0 Å². The zero-order valence-electron chi connectivity index (χ0n) is 14.4. The van der Waals surface area contributed by atoms with Crippen LogP contribution in [0.25, 0.3) is 10.7 Å². The van der Waals surface area contributed by atoms with E-state index in [1.54, 1.807) is 17.4 Å². The van der Waals surface area contributed by atoms with Gasteiger partial charge in [0.15, 0.2) is 11.0 Å². The van der Waals surface area contributed by atoms with Crippen LogP contribution in [0, 0.1) is 6.92 Å². The van der Waals surface area contributed by atoms with Crippen LogP contribution in [0.5, 0.6) is 0 Å². The summed E-state index contributed by atoms with van der Waals surface area (Å²) in [6, 6.07) is 8.00. The number of rotatable bonds is 6. The molecule has 1 aliphatic carbocycles. The van der Waals surface area contributed by atoms with Crippen molar-refractivity contribution >= 4 is 57.9 Å². The number of aromatic nitrogens is 3. The van der Waals surface area contributed by atoms with Gasteiger partial charge in [0.05, 0.1) is 26.4 Å². The minimum atomic E-state index is -0.183. The van der Waals surface area contributed by atoms with Gasteiger partial charge in [-0.25, -0.2) is 0 Å². The van der Waals surface area contributed by atoms with Gasteiger partial charge in [-0.15, -0.1) is 21.5 Å². The average Bonchev–Trinajstić information content (AvgIpc) is 3.18. The first-order valence-electron chi connectivity index (χ1n) is 8.40. The van der Waals surface area contributed by atoms with E-state index in [9.17, 15) is 4.79 Å². The van der Waals surface area contributed by atoms with Crippen LogP contribution in [-0.2, 0) is 4.79 Å². The highest BCUT2D eigenvalue weighted by Crippen LogP contribution is 2.42. The number of hydrogen-bond donors (Lipinski definition) is 1. The molecule has 0 unspecified atom stereocenters. The standard InChI is InChI=1S/C18H16Cl2N4OS2/c1-10-4-7-12(19)16(15(10)20)21-14(25)9-27-18-23-22-17(13-3-2-8-26-13)24(18)11-5-6-11/h2-4,7-8,11H,5-6,9H2,1H3,(H,21,25). The number of amides is 1. The first-order valence-corrected chi connectivity index (χ1v) is 11.0. The normalized spacial score (nSPS) is 13.7. The maximum absolute atomic E-state index is 12.4. The predicted molar refractivity (Wildman–Crippen MR) is 112 cm³/mol. The Bertz CT molecular complexity index is 984. The van der Waals surface area contributed by atoms with Crippen LogP contribution in [0.4, 0.5) is 5.69 Å². The van der Waals surface area contributed by atoms with Gasteiger partial charge in [-0.1, -0.05) is 47.1 Å². The quantitative estimate of drug-likeness (QED) is 0.502. The Morgan fingerprint density at radius 3 is 2.85 bits per heavy atom. The molecule has 0 saturated heterocycles. The Kier molecular flexibility index (Phi) is 5.45. The highest BCUT2D eigenvalue weighted by Gasteiger charge is 2.30. The van der Waals surface area contributed by atoms with E-state index in [-0.39, 0.29) is 11.7 Å². The average molecular weight is 439 g/mol. The van der Waals surface area contributed by atoms with E-state index in [2.05, 4.69) is 20.1 Å². The van der Waals surface area contributed by atoms with Gasteiger partial charge in [-0.2, -0.15) is 0 Å². The van der Waals surface area contributed by atoms with Crippen molar-refractivity contribution in [2.45, 2.75) is 31.0 Å². The minimum Gasteiger partial charge on any atom is -0.323 e. The number of carbonyl (C=O) groups is 1. The van der Waals surface area contributed by atoms with Gasteiger partial charge >= 0.3 is 0 Å². The summed E-state index contributed by atoms with van der Waals surface area (Å²) in [6.45, 7) is 1.87. The van der Waals surface area contributed by atoms with Gasteiger partial charge in [-0.05, 0) is 42.8 Å². The number of aryl methyl sites for hydroxylation is 1. The Labute approximate surface area is 175 Å². The number of hydrogen-bond acceptors (Lipinski definition) is 5. The summed E-state index contributed by atoms with van der Waals surface area (Å²) in [4.78, 5) is 13.5. The second kappa shape index (κ2) is 7.83. The van der Waals surface area contributed by atoms with Gasteiger partial charge in [-0.3, -0.25) is 9.36 Å². The van der Waals surface area contributed by atoms with Crippen molar-refractivity contribution < 1.29 is 4.79 Å². The molecule has 2 heterocycles. The van der Waals surface area contributed by atoms with Crippen molar-refractivity contribution in [2.24, 2.45) is 0 Å². The molecule has 2 aromatic heterocycles. The molecule has 1 N–H and O–H groups in total. The fourth-order valence-electron chi connectivity index (χ4n) is 2.69. The largest absolute Gasteiger partial charge is 0.323 e. The van der Waals surface area contributed by atoms with Crippen LogP contribution < -0.4 is 5.32 Å². The monoisotopic (exact) mass is 438 g/mol.